The summed E-state index contributed by atoms with van der Waals surface area (Å²) in [7, 11) is 6.24. The molecule has 1 saturated carbocycles. The van der Waals surface area contributed by atoms with Gasteiger partial charge in [0, 0.05) is 31.9 Å². The summed E-state index contributed by atoms with van der Waals surface area (Å²) >= 11 is 0. The number of anilines is 1. The molecule has 0 amide bonds. The Morgan fingerprint density at radius 1 is 1.08 bits per heavy atom. The first-order valence-corrected chi connectivity index (χ1v) is 9.23. The van der Waals surface area contributed by atoms with Gasteiger partial charge in [0.05, 0.1) is 6.54 Å². The minimum atomic E-state index is 0.594. The Balaban J connectivity index is 1.77. The molecule has 1 aromatic rings. The predicted molar refractivity (Wildman–Crippen MR) is 101 cm³/mol. The molecule has 0 aromatic carbocycles. The van der Waals surface area contributed by atoms with E-state index in [1.54, 1.807) is 0 Å². The fourth-order valence-electron chi connectivity index (χ4n) is 3.27. The molecule has 0 saturated heterocycles. The summed E-state index contributed by atoms with van der Waals surface area (Å²) in [4.78, 5) is 13.4. The highest BCUT2D eigenvalue weighted by Crippen LogP contribution is 2.29. The van der Waals surface area contributed by atoms with Crippen LogP contribution in [0.2, 0.25) is 0 Å². The first-order chi connectivity index (χ1) is 11.6. The standard InChI is InChI=1S/C20H32N4/c1-5-7-19-14-21-20(22-15-19)24(4)16-18-11-9-17(10-12-18)8-6-13-23(2)3/h14-15,17-18H,5,7,9-13,16H2,1-4H3/t17-,18-. The smallest absolute Gasteiger partial charge is 0.224 e. The second kappa shape index (κ2) is 9.64. The second-order valence-electron chi connectivity index (χ2n) is 7.30. The summed E-state index contributed by atoms with van der Waals surface area (Å²) in [5, 5.41) is 0. The fourth-order valence-corrected chi connectivity index (χ4v) is 3.27. The molecule has 0 bridgehead atoms. The molecule has 1 aliphatic rings. The van der Waals surface area contributed by atoms with Crippen molar-refractivity contribution >= 4 is 5.95 Å². The van der Waals surface area contributed by atoms with Crippen LogP contribution in [0.25, 0.3) is 0 Å². The van der Waals surface area contributed by atoms with Crippen molar-refractivity contribution in [3.8, 4) is 11.8 Å². The molecule has 0 atom stereocenters. The number of nitrogens with zero attached hydrogens (tertiary/aromatic N) is 4. The number of hydrogen-bond donors (Lipinski definition) is 0. The van der Waals surface area contributed by atoms with E-state index in [-0.39, 0.29) is 0 Å². The van der Waals surface area contributed by atoms with E-state index in [9.17, 15) is 0 Å². The van der Waals surface area contributed by atoms with Crippen molar-refractivity contribution in [1.82, 2.24) is 14.9 Å². The minimum absolute atomic E-state index is 0.594. The zero-order valence-corrected chi connectivity index (χ0v) is 15.8. The molecule has 4 nitrogen and oxygen atoms in total. The summed E-state index contributed by atoms with van der Waals surface area (Å²) in [6.07, 6.45) is 11.1. The first kappa shape index (κ1) is 18.7. The maximum absolute atomic E-state index is 4.52. The maximum Gasteiger partial charge on any atom is 0.224 e. The molecule has 0 radical (unpaired) electrons. The summed E-state index contributed by atoms with van der Waals surface area (Å²) in [6, 6.07) is 0. The molecular weight excluding hydrogens is 296 g/mol. The van der Waals surface area contributed by atoms with Crippen molar-refractivity contribution in [1.29, 1.82) is 0 Å². The Labute approximate surface area is 147 Å². The average Bonchev–Trinajstić information content (AvgIpc) is 2.57. The van der Waals surface area contributed by atoms with Gasteiger partial charge in [0.1, 0.15) is 0 Å². The summed E-state index contributed by atoms with van der Waals surface area (Å²) in [5.41, 5.74) is 1.23. The molecule has 0 N–H and O–H groups in total. The predicted octanol–water partition coefficient (Wildman–Crippen LogP) is 3.24. The molecule has 0 aliphatic heterocycles. The van der Waals surface area contributed by atoms with Crippen LogP contribution >= 0.6 is 0 Å². The van der Waals surface area contributed by atoms with Crippen molar-refractivity contribution in [3.05, 3.63) is 18.0 Å². The summed E-state index contributed by atoms with van der Waals surface area (Å²) in [6.45, 7) is 4.10. The molecule has 132 valence electrons. The molecule has 1 aromatic heterocycles. The van der Waals surface area contributed by atoms with Crippen LogP contribution in [0.4, 0.5) is 5.95 Å². The van der Waals surface area contributed by atoms with Crippen molar-refractivity contribution in [3.63, 3.8) is 0 Å². The lowest BCUT2D eigenvalue weighted by atomic mass is 9.82. The Hall–Kier alpha value is -1.60. The van der Waals surface area contributed by atoms with Crippen molar-refractivity contribution in [2.75, 3.05) is 39.1 Å². The van der Waals surface area contributed by atoms with E-state index in [1.165, 1.54) is 31.2 Å². The fraction of sp³-hybridized carbons (Fsp3) is 0.700. The quantitative estimate of drug-likeness (QED) is 0.751. The molecule has 1 fully saturated rings. The molecule has 4 heteroatoms. The van der Waals surface area contributed by atoms with Gasteiger partial charge in [-0.1, -0.05) is 25.2 Å². The van der Waals surface area contributed by atoms with Crippen LogP contribution in [0.1, 0.15) is 44.6 Å². The molecule has 1 heterocycles. The number of rotatable bonds is 6. The monoisotopic (exact) mass is 328 g/mol. The Bertz CT molecular complexity index is 533. The Kier molecular flexibility index (Phi) is 7.52. The zero-order chi connectivity index (χ0) is 17.4. The van der Waals surface area contributed by atoms with Crippen LogP contribution in [-0.4, -0.2) is 49.1 Å². The van der Waals surface area contributed by atoms with Crippen LogP contribution in [0.15, 0.2) is 12.4 Å². The lowest BCUT2D eigenvalue weighted by Gasteiger charge is -2.29. The van der Waals surface area contributed by atoms with Crippen LogP contribution in [-0.2, 0) is 6.42 Å². The van der Waals surface area contributed by atoms with Gasteiger partial charge in [-0.2, -0.15) is 0 Å². The molecule has 1 aliphatic carbocycles. The van der Waals surface area contributed by atoms with Crippen LogP contribution in [0.5, 0.6) is 0 Å². The highest BCUT2D eigenvalue weighted by atomic mass is 15.2. The highest BCUT2D eigenvalue weighted by molar-refractivity contribution is 5.28. The van der Waals surface area contributed by atoms with Gasteiger partial charge < -0.3 is 4.90 Å². The number of hydrogen-bond acceptors (Lipinski definition) is 4. The molecule has 0 spiro atoms. The van der Waals surface area contributed by atoms with Crippen molar-refractivity contribution in [2.24, 2.45) is 11.8 Å². The summed E-state index contributed by atoms with van der Waals surface area (Å²) < 4.78 is 0. The third-order valence-electron chi connectivity index (χ3n) is 4.65. The third-order valence-corrected chi connectivity index (χ3v) is 4.65. The van der Waals surface area contributed by atoms with Crippen LogP contribution < -0.4 is 4.90 Å². The zero-order valence-electron chi connectivity index (χ0n) is 15.8. The van der Waals surface area contributed by atoms with E-state index in [0.717, 1.165) is 37.8 Å². The molecule has 0 unspecified atom stereocenters. The van der Waals surface area contributed by atoms with E-state index < -0.39 is 0 Å². The Morgan fingerprint density at radius 2 is 1.75 bits per heavy atom. The second-order valence-corrected chi connectivity index (χ2v) is 7.30. The van der Waals surface area contributed by atoms with Gasteiger partial charge in [-0.3, -0.25) is 4.90 Å². The number of aromatic nitrogens is 2. The van der Waals surface area contributed by atoms with Gasteiger partial charge in [0.15, 0.2) is 0 Å². The molecule has 24 heavy (non-hydrogen) atoms. The van der Waals surface area contributed by atoms with Gasteiger partial charge in [-0.15, -0.1) is 0 Å². The van der Waals surface area contributed by atoms with Crippen molar-refractivity contribution in [2.45, 2.75) is 45.4 Å². The SMILES string of the molecule is CCCc1cnc(N(C)C[C@H]2CC[C@H](C#CCN(C)C)CC2)nc1. The van der Waals surface area contributed by atoms with Gasteiger partial charge in [-0.25, -0.2) is 9.97 Å². The van der Waals surface area contributed by atoms with Gasteiger partial charge in [-0.05, 0) is 57.7 Å². The molecule has 2 rings (SSSR count). The van der Waals surface area contributed by atoms with E-state index >= 15 is 0 Å². The third kappa shape index (κ3) is 6.13. The van der Waals surface area contributed by atoms with Gasteiger partial charge >= 0.3 is 0 Å². The average molecular weight is 329 g/mol. The van der Waals surface area contributed by atoms with E-state index in [0.29, 0.717) is 5.92 Å². The van der Waals surface area contributed by atoms with E-state index in [4.69, 9.17) is 0 Å². The largest absolute Gasteiger partial charge is 0.344 e. The maximum atomic E-state index is 4.52. The topological polar surface area (TPSA) is 32.3 Å². The first-order valence-electron chi connectivity index (χ1n) is 9.23. The van der Waals surface area contributed by atoms with E-state index in [2.05, 4.69) is 59.7 Å². The van der Waals surface area contributed by atoms with Crippen LogP contribution in [0, 0.1) is 23.7 Å². The highest BCUT2D eigenvalue weighted by Gasteiger charge is 2.21. The lowest BCUT2D eigenvalue weighted by molar-refractivity contribution is 0.319. The van der Waals surface area contributed by atoms with Gasteiger partial charge in [0.25, 0.3) is 0 Å². The number of aryl methyl sites for hydroxylation is 1. The van der Waals surface area contributed by atoms with Crippen molar-refractivity contribution < 1.29 is 0 Å². The van der Waals surface area contributed by atoms with E-state index in [1.807, 2.05) is 12.4 Å². The molecular formula is C20H32N4. The van der Waals surface area contributed by atoms with Crippen LogP contribution in [0.3, 0.4) is 0 Å². The Morgan fingerprint density at radius 3 is 2.33 bits per heavy atom. The summed E-state index contributed by atoms with van der Waals surface area (Å²) in [5.74, 6) is 8.92. The normalized spacial score (nSPS) is 20.5. The van der Waals surface area contributed by atoms with Gasteiger partial charge in [0.2, 0.25) is 5.95 Å². The lowest BCUT2D eigenvalue weighted by Crippen LogP contribution is -2.29. The minimum Gasteiger partial charge on any atom is -0.344 e.